The van der Waals surface area contributed by atoms with Crippen LogP contribution in [-0.2, 0) is 6.54 Å². The molecule has 6 nitrogen and oxygen atoms in total. The molecule has 4 heterocycles. The van der Waals surface area contributed by atoms with Crippen molar-refractivity contribution in [3.63, 3.8) is 0 Å². The molecule has 1 N–H and O–H groups in total. The van der Waals surface area contributed by atoms with Crippen LogP contribution in [-0.4, -0.2) is 29.7 Å². The average molecular weight is 293 g/mol. The lowest BCUT2D eigenvalue weighted by atomic mass is 9.83. The maximum atomic E-state index is 10.8. The molecule has 110 valence electrons. The summed E-state index contributed by atoms with van der Waals surface area (Å²) < 4.78 is 3.99. The van der Waals surface area contributed by atoms with E-state index in [1.165, 1.54) is 11.1 Å². The molecule has 0 aliphatic carbocycles. The Hall–Kier alpha value is -2.47. The van der Waals surface area contributed by atoms with Gasteiger partial charge in [0.2, 0.25) is 0 Å². The Bertz CT molecular complexity index is 852. The van der Waals surface area contributed by atoms with Crippen molar-refractivity contribution in [2.45, 2.75) is 25.1 Å². The van der Waals surface area contributed by atoms with Crippen LogP contribution in [0.2, 0.25) is 0 Å². The molecule has 0 spiro atoms. The fraction of sp³-hybridized carbons (Fsp3) is 0.312. The molecule has 0 amide bonds. The number of hydrogen-bond donors (Lipinski definition) is 1. The van der Waals surface area contributed by atoms with Crippen LogP contribution in [0.4, 0.5) is 0 Å². The molecule has 3 aromatic rings. The van der Waals surface area contributed by atoms with Crippen molar-refractivity contribution in [3.8, 4) is 11.3 Å². The largest absolute Gasteiger partial charge is 0.386 e. The Kier molecular flexibility index (Phi) is 2.35. The molecule has 5 rings (SSSR count). The quantitative estimate of drug-likeness (QED) is 0.743. The summed E-state index contributed by atoms with van der Waals surface area (Å²) in [4.78, 5) is 4.30. The van der Waals surface area contributed by atoms with E-state index < -0.39 is 6.10 Å². The zero-order valence-electron chi connectivity index (χ0n) is 11.9. The van der Waals surface area contributed by atoms with E-state index in [1.54, 1.807) is 10.9 Å². The van der Waals surface area contributed by atoms with Gasteiger partial charge in [0.05, 0.1) is 36.2 Å². The van der Waals surface area contributed by atoms with Crippen LogP contribution in [0.3, 0.4) is 0 Å². The highest BCUT2D eigenvalue weighted by Gasteiger charge is 2.41. The first-order chi connectivity index (χ1) is 10.8. The summed E-state index contributed by atoms with van der Waals surface area (Å²) in [7, 11) is 0. The van der Waals surface area contributed by atoms with Crippen LogP contribution in [0.25, 0.3) is 11.3 Å². The Morgan fingerprint density at radius 1 is 1.18 bits per heavy atom. The van der Waals surface area contributed by atoms with Gasteiger partial charge in [-0.3, -0.25) is 0 Å². The van der Waals surface area contributed by atoms with Gasteiger partial charge in [0.15, 0.2) is 0 Å². The predicted octanol–water partition coefficient (Wildman–Crippen LogP) is 1.80. The Balaban J connectivity index is 1.65. The fourth-order valence-corrected chi connectivity index (χ4v) is 3.96. The molecule has 6 heteroatoms. The second kappa shape index (κ2) is 4.27. The maximum Gasteiger partial charge on any atom is 0.102 e. The average Bonchev–Trinajstić information content (AvgIpc) is 3.23. The third-order valence-corrected chi connectivity index (χ3v) is 4.96. The number of aliphatic hydroxyl groups is 1. The van der Waals surface area contributed by atoms with E-state index in [0.717, 1.165) is 24.4 Å². The minimum absolute atomic E-state index is 0.0996. The molecule has 22 heavy (non-hydrogen) atoms. The minimum atomic E-state index is -0.560. The molecule has 0 radical (unpaired) electrons. The van der Waals surface area contributed by atoms with Gasteiger partial charge in [-0.2, -0.15) is 0 Å². The van der Waals surface area contributed by atoms with Gasteiger partial charge in [0.1, 0.15) is 6.10 Å². The number of fused-ring (bicyclic) bond motifs is 4. The van der Waals surface area contributed by atoms with Crippen molar-refractivity contribution in [2.24, 2.45) is 5.92 Å². The van der Waals surface area contributed by atoms with Gasteiger partial charge < -0.3 is 9.67 Å². The number of benzene rings is 1. The summed E-state index contributed by atoms with van der Waals surface area (Å²) in [5.74, 6) is 0.0996. The molecule has 1 unspecified atom stereocenters. The monoisotopic (exact) mass is 293 g/mol. The molecule has 2 aliphatic rings. The van der Waals surface area contributed by atoms with E-state index >= 15 is 0 Å². The highest BCUT2D eigenvalue weighted by Crippen LogP contribution is 2.48. The van der Waals surface area contributed by atoms with E-state index in [2.05, 4.69) is 44.1 Å². The first-order valence-corrected chi connectivity index (χ1v) is 7.52. The molecule has 0 saturated carbocycles. The van der Waals surface area contributed by atoms with Crippen molar-refractivity contribution >= 4 is 0 Å². The lowest BCUT2D eigenvalue weighted by Gasteiger charge is -2.33. The SMILES string of the molecule is OC1c2cnnn2CC[C@H]1[C@H]1c2ccccc2-c2cncn21. The molecule has 0 fully saturated rings. The van der Waals surface area contributed by atoms with E-state index in [-0.39, 0.29) is 12.0 Å². The van der Waals surface area contributed by atoms with Crippen LogP contribution in [0, 0.1) is 5.92 Å². The lowest BCUT2D eigenvalue weighted by molar-refractivity contribution is 0.0524. The number of nitrogens with zero attached hydrogens (tertiary/aromatic N) is 5. The van der Waals surface area contributed by atoms with Crippen molar-refractivity contribution in [1.82, 2.24) is 24.5 Å². The number of imidazole rings is 1. The van der Waals surface area contributed by atoms with Gasteiger partial charge in [-0.05, 0) is 12.0 Å². The van der Waals surface area contributed by atoms with Gasteiger partial charge in [-0.25, -0.2) is 9.67 Å². The Morgan fingerprint density at radius 2 is 2.09 bits per heavy atom. The standard InChI is InChI=1S/C16H15N5O/c22-16-12(5-6-21-14(16)8-18-19-21)15-11-4-2-1-3-10(11)13-7-17-9-20(13)15/h1-4,7-9,12,15-16,22H,5-6H2/t12-,15+,16?/m0/s1. The van der Waals surface area contributed by atoms with Gasteiger partial charge in [0.25, 0.3) is 0 Å². The molecule has 3 atom stereocenters. The number of aromatic nitrogens is 5. The molecule has 0 saturated heterocycles. The molecule has 2 aliphatic heterocycles. The van der Waals surface area contributed by atoms with Crippen molar-refractivity contribution in [2.75, 3.05) is 0 Å². The summed E-state index contributed by atoms with van der Waals surface area (Å²) in [5, 5.41) is 18.8. The third-order valence-electron chi connectivity index (χ3n) is 4.96. The number of hydrogen-bond acceptors (Lipinski definition) is 4. The second-order valence-corrected chi connectivity index (χ2v) is 6.00. The van der Waals surface area contributed by atoms with Crippen LogP contribution < -0.4 is 0 Å². The van der Waals surface area contributed by atoms with Gasteiger partial charge in [-0.1, -0.05) is 29.5 Å². The second-order valence-electron chi connectivity index (χ2n) is 6.00. The molecular formula is C16H15N5O. The molecule has 0 bridgehead atoms. The first-order valence-electron chi connectivity index (χ1n) is 7.52. The number of rotatable bonds is 1. The Morgan fingerprint density at radius 3 is 3.05 bits per heavy atom. The number of aryl methyl sites for hydroxylation is 1. The van der Waals surface area contributed by atoms with Gasteiger partial charge in [-0.15, -0.1) is 5.10 Å². The van der Waals surface area contributed by atoms with E-state index in [0.29, 0.717) is 0 Å². The first kappa shape index (κ1) is 12.1. The zero-order valence-corrected chi connectivity index (χ0v) is 11.9. The summed E-state index contributed by atoms with van der Waals surface area (Å²) in [5.41, 5.74) is 4.42. The smallest absolute Gasteiger partial charge is 0.102 e. The van der Waals surface area contributed by atoms with Crippen molar-refractivity contribution in [1.29, 1.82) is 0 Å². The molecule has 2 aromatic heterocycles. The van der Waals surface area contributed by atoms with E-state index in [9.17, 15) is 5.11 Å². The lowest BCUT2D eigenvalue weighted by Crippen LogP contribution is -2.31. The highest BCUT2D eigenvalue weighted by molar-refractivity contribution is 5.69. The third kappa shape index (κ3) is 1.45. The zero-order chi connectivity index (χ0) is 14.7. The van der Waals surface area contributed by atoms with Crippen molar-refractivity contribution in [3.05, 3.63) is 54.2 Å². The van der Waals surface area contributed by atoms with Crippen LogP contribution in [0.1, 0.15) is 29.8 Å². The molecular weight excluding hydrogens is 278 g/mol. The van der Waals surface area contributed by atoms with Gasteiger partial charge >= 0.3 is 0 Å². The molecule has 1 aromatic carbocycles. The van der Waals surface area contributed by atoms with Gasteiger partial charge in [0, 0.05) is 18.0 Å². The maximum absolute atomic E-state index is 10.8. The summed E-state index contributed by atoms with van der Waals surface area (Å²) in [6.45, 7) is 0.791. The summed E-state index contributed by atoms with van der Waals surface area (Å²) in [6, 6.07) is 8.52. The number of aliphatic hydroxyl groups excluding tert-OH is 1. The van der Waals surface area contributed by atoms with Crippen LogP contribution in [0.15, 0.2) is 43.0 Å². The van der Waals surface area contributed by atoms with E-state index in [1.807, 2.05) is 12.5 Å². The minimum Gasteiger partial charge on any atom is -0.386 e. The van der Waals surface area contributed by atoms with E-state index in [4.69, 9.17) is 0 Å². The Labute approximate surface area is 127 Å². The van der Waals surface area contributed by atoms with Crippen molar-refractivity contribution < 1.29 is 5.11 Å². The highest BCUT2D eigenvalue weighted by atomic mass is 16.3. The summed E-state index contributed by atoms with van der Waals surface area (Å²) >= 11 is 0. The van der Waals surface area contributed by atoms with Crippen LogP contribution in [0.5, 0.6) is 0 Å². The normalized spacial score (nSPS) is 25.6. The van der Waals surface area contributed by atoms with Crippen LogP contribution >= 0.6 is 0 Å². The topological polar surface area (TPSA) is 68.8 Å². The predicted molar refractivity (Wildman–Crippen MR) is 78.9 cm³/mol. The fourth-order valence-electron chi connectivity index (χ4n) is 3.96. The summed E-state index contributed by atoms with van der Waals surface area (Å²) in [6.07, 6.45) is 5.76.